The molecule has 0 heterocycles. The molecule has 1 rings (SSSR count). The molecule has 4 heteroatoms. The van der Waals surface area contributed by atoms with Crippen LogP contribution in [0.3, 0.4) is 0 Å². The van der Waals surface area contributed by atoms with Crippen molar-refractivity contribution < 1.29 is 14.6 Å². The predicted molar refractivity (Wildman–Crippen MR) is 67.5 cm³/mol. The van der Waals surface area contributed by atoms with Crippen molar-refractivity contribution in [2.24, 2.45) is 0 Å². The number of aryl methyl sites for hydroxylation is 1. The van der Waals surface area contributed by atoms with Crippen LogP contribution in [-0.2, 0) is 0 Å². The van der Waals surface area contributed by atoms with Gasteiger partial charge in [-0.1, -0.05) is 6.92 Å². The molecular formula is C12H17BrO3. The van der Waals surface area contributed by atoms with Gasteiger partial charge in [-0.3, -0.25) is 0 Å². The summed E-state index contributed by atoms with van der Waals surface area (Å²) in [6.45, 7) is 3.97. The Bertz CT molecular complexity index is 377. The van der Waals surface area contributed by atoms with Crippen LogP contribution in [0.25, 0.3) is 0 Å². The molecular weight excluding hydrogens is 272 g/mol. The molecule has 0 fully saturated rings. The molecule has 0 aliphatic rings. The Morgan fingerprint density at radius 2 is 2.00 bits per heavy atom. The molecule has 0 amide bonds. The average molecular weight is 289 g/mol. The lowest BCUT2D eigenvalue weighted by molar-refractivity contribution is 0.269. The van der Waals surface area contributed by atoms with Crippen LogP contribution in [-0.4, -0.2) is 25.9 Å². The van der Waals surface area contributed by atoms with Gasteiger partial charge in [0.05, 0.1) is 18.7 Å². The van der Waals surface area contributed by atoms with Gasteiger partial charge in [0.2, 0.25) is 0 Å². The minimum absolute atomic E-state index is 0.00109. The Morgan fingerprint density at radius 1 is 1.38 bits per heavy atom. The lowest BCUT2D eigenvalue weighted by Crippen LogP contribution is -2.05. The zero-order valence-electron chi connectivity index (χ0n) is 10.0. The SMILES string of the molecule is COc1cc(C)c(OC)c(Br)c1C(C)CO. The van der Waals surface area contributed by atoms with Crippen LogP contribution < -0.4 is 9.47 Å². The van der Waals surface area contributed by atoms with Crippen LogP contribution >= 0.6 is 15.9 Å². The van der Waals surface area contributed by atoms with Gasteiger partial charge in [-0.05, 0) is 34.5 Å². The molecule has 0 saturated heterocycles. The van der Waals surface area contributed by atoms with Crippen molar-refractivity contribution in [3.05, 3.63) is 21.7 Å². The van der Waals surface area contributed by atoms with Gasteiger partial charge in [0, 0.05) is 18.1 Å². The van der Waals surface area contributed by atoms with E-state index >= 15 is 0 Å². The van der Waals surface area contributed by atoms with E-state index in [0.717, 1.165) is 27.1 Å². The van der Waals surface area contributed by atoms with E-state index in [4.69, 9.17) is 9.47 Å². The number of hydrogen-bond acceptors (Lipinski definition) is 3. The van der Waals surface area contributed by atoms with Crippen molar-refractivity contribution in [3.63, 3.8) is 0 Å². The summed E-state index contributed by atoms with van der Waals surface area (Å²) in [5.41, 5.74) is 1.94. The number of methoxy groups -OCH3 is 2. The summed E-state index contributed by atoms with van der Waals surface area (Å²) in [5.74, 6) is 1.56. The summed E-state index contributed by atoms with van der Waals surface area (Å²) in [7, 11) is 3.26. The first kappa shape index (κ1) is 13.3. The van der Waals surface area contributed by atoms with Crippen molar-refractivity contribution in [3.8, 4) is 11.5 Å². The molecule has 1 aromatic rings. The molecule has 0 spiro atoms. The van der Waals surface area contributed by atoms with E-state index in [1.165, 1.54) is 0 Å². The van der Waals surface area contributed by atoms with Crippen molar-refractivity contribution in [1.29, 1.82) is 0 Å². The molecule has 1 unspecified atom stereocenters. The van der Waals surface area contributed by atoms with E-state index in [0.29, 0.717) is 0 Å². The number of rotatable bonds is 4. The zero-order valence-corrected chi connectivity index (χ0v) is 11.6. The third-order valence-corrected chi connectivity index (χ3v) is 3.39. The number of aliphatic hydroxyl groups excluding tert-OH is 1. The van der Waals surface area contributed by atoms with Crippen LogP contribution in [0.15, 0.2) is 10.5 Å². The number of benzene rings is 1. The van der Waals surface area contributed by atoms with E-state index in [1.54, 1.807) is 14.2 Å². The van der Waals surface area contributed by atoms with E-state index in [9.17, 15) is 5.11 Å². The average Bonchev–Trinajstić information content (AvgIpc) is 2.27. The summed E-state index contributed by atoms with van der Waals surface area (Å²) < 4.78 is 11.5. The Kier molecular flexibility index (Phi) is 4.62. The van der Waals surface area contributed by atoms with Gasteiger partial charge < -0.3 is 14.6 Å². The number of aliphatic hydroxyl groups is 1. The van der Waals surface area contributed by atoms with Gasteiger partial charge in [-0.25, -0.2) is 0 Å². The molecule has 0 bridgehead atoms. The molecule has 3 nitrogen and oxygen atoms in total. The summed E-state index contributed by atoms with van der Waals surface area (Å²) in [5, 5.41) is 9.25. The highest BCUT2D eigenvalue weighted by molar-refractivity contribution is 9.10. The molecule has 0 aliphatic heterocycles. The Morgan fingerprint density at radius 3 is 2.44 bits per heavy atom. The fourth-order valence-corrected chi connectivity index (χ4v) is 2.77. The quantitative estimate of drug-likeness (QED) is 0.926. The normalized spacial score (nSPS) is 12.4. The maximum atomic E-state index is 9.25. The number of hydrogen-bond donors (Lipinski definition) is 1. The van der Waals surface area contributed by atoms with Crippen LogP contribution in [0.2, 0.25) is 0 Å². The monoisotopic (exact) mass is 288 g/mol. The van der Waals surface area contributed by atoms with Crippen LogP contribution in [0.5, 0.6) is 11.5 Å². The minimum atomic E-state index is -0.00109. The summed E-state index contributed by atoms with van der Waals surface area (Å²) in [4.78, 5) is 0. The molecule has 0 aromatic heterocycles. The molecule has 1 N–H and O–H groups in total. The van der Waals surface area contributed by atoms with Gasteiger partial charge in [0.1, 0.15) is 11.5 Å². The highest BCUT2D eigenvalue weighted by Gasteiger charge is 2.19. The lowest BCUT2D eigenvalue weighted by atomic mass is 9.98. The lowest BCUT2D eigenvalue weighted by Gasteiger charge is -2.19. The Hall–Kier alpha value is -0.740. The van der Waals surface area contributed by atoms with Gasteiger partial charge in [-0.2, -0.15) is 0 Å². The Labute approximate surface area is 105 Å². The third kappa shape index (κ3) is 2.33. The molecule has 1 aromatic carbocycles. The second-order valence-electron chi connectivity index (χ2n) is 3.74. The zero-order chi connectivity index (χ0) is 12.3. The van der Waals surface area contributed by atoms with E-state index < -0.39 is 0 Å². The Balaban J connectivity index is 3.43. The van der Waals surface area contributed by atoms with Crippen LogP contribution in [0.4, 0.5) is 0 Å². The minimum Gasteiger partial charge on any atom is -0.496 e. The fraction of sp³-hybridized carbons (Fsp3) is 0.500. The molecule has 1 atom stereocenters. The number of ether oxygens (including phenoxy) is 2. The molecule has 0 saturated carbocycles. The van der Waals surface area contributed by atoms with Crippen LogP contribution in [0, 0.1) is 6.92 Å². The smallest absolute Gasteiger partial charge is 0.136 e. The number of halogens is 1. The van der Waals surface area contributed by atoms with E-state index in [2.05, 4.69) is 15.9 Å². The first-order chi connectivity index (χ1) is 7.56. The van der Waals surface area contributed by atoms with Crippen LogP contribution in [0.1, 0.15) is 24.0 Å². The largest absolute Gasteiger partial charge is 0.496 e. The first-order valence-corrected chi connectivity index (χ1v) is 5.87. The first-order valence-electron chi connectivity index (χ1n) is 5.08. The van der Waals surface area contributed by atoms with Crippen molar-refractivity contribution in [1.82, 2.24) is 0 Å². The molecule has 0 radical (unpaired) electrons. The summed E-state index contributed by atoms with van der Waals surface area (Å²) in [6, 6.07) is 1.92. The standard InChI is InChI=1S/C12H17BrO3/c1-7-5-9(15-3)10(8(2)6-14)11(13)12(7)16-4/h5,8,14H,6H2,1-4H3. The third-order valence-electron chi connectivity index (χ3n) is 2.60. The van der Waals surface area contributed by atoms with Gasteiger partial charge in [0.25, 0.3) is 0 Å². The molecule has 0 aliphatic carbocycles. The van der Waals surface area contributed by atoms with Crippen molar-refractivity contribution >= 4 is 15.9 Å². The highest BCUT2D eigenvalue weighted by atomic mass is 79.9. The van der Waals surface area contributed by atoms with Gasteiger partial charge in [-0.15, -0.1) is 0 Å². The summed E-state index contributed by atoms with van der Waals surface area (Å²) >= 11 is 3.51. The maximum Gasteiger partial charge on any atom is 0.136 e. The summed E-state index contributed by atoms with van der Waals surface area (Å²) in [6.07, 6.45) is 0. The molecule has 90 valence electrons. The van der Waals surface area contributed by atoms with E-state index in [-0.39, 0.29) is 12.5 Å². The molecule has 16 heavy (non-hydrogen) atoms. The predicted octanol–water partition coefficient (Wildman–Crippen LogP) is 2.87. The topological polar surface area (TPSA) is 38.7 Å². The van der Waals surface area contributed by atoms with Crippen molar-refractivity contribution in [2.45, 2.75) is 19.8 Å². The highest BCUT2D eigenvalue weighted by Crippen LogP contribution is 2.41. The maximum absolute atomic E-state index is 9.25. The van der Waals surface area contributed by atoms with E-state index in [1.807, 2.05) is 19.9 Å². The van der Waals surface area contributed by atoms with Gasteiger partial charge in [0.15, 0.2) is 0 Å². The second-order valence-corrected chi connectivity index (χ2v) is 4.53. The second kappa shape index (κ2) is 5.55. The van der Waals surface area contributed by atoms with Gasteiger partial charge >= 0.3 is 0 Å². The fourth-order valence-electron chi connectivity index (χ4n) is 1.71. The van der Waals surface area contributed by atoms with Crippen molar-refractivity contribution in [2.75, 3.05) is 20.8 Å².